The van der Waals surface area contributed by atoms with Gasteiger partial charge in [-0.25, -0.2) is 0 Å². The molecular weight excluding hydrogens is 539 g/mol. The molecule has 5 aliphatic rings. The molecule has 3 aliphatic carbocycles. The van der Waals surface area contributed by atoms with Crippen molar-refractivity contribution in [2.24, 2.45) is 11.8 Å². The molecule has 2 aliphatic heterocycles. The van der Waals surface area contributed by atoms with E-state index in [1.54, 1.807) is 7.11 Å². The zero-order valence-electron chi connectivity index (χ0n) is 19.6. The lowest BCUT2D eigenvalue weighted by Gasteiger charge is -2.59. The maximum Gasteiger partial charge on any atom is 0.251 e. The van der Waals surface area contributed by atoms with E-state index in [1.807, 2.05) is 24.3 Å². The first-order chi connectivity index (χ1) is 16.6. The SMILES string of the molecule is COc1ccc2c3c1OC1[C@H](NC(=O)c4cccc(I)c4)CCC4C(C2)N(CC2CC2)CC[C@@]341. The Bertz CT molecular complexity index is 1160. The highest BCUT2D eigenvalue weighted by molar-refractivity contribution is 14.1. The van der Waals surface area contributed by atoms with Gasteiger partial charge in [0.25, 0.3) is 5.91 Å². The Labute approximate surface area is 214 Å². The predicted molar refractivity (Wildman–Crippen MR) is 139 cm³/mol. The van der Waals surface area contributed by atoms with Crippen LogP contribution in [0.5, 0.6) is 11.5 Å². The van der Waals surface area contributed by atoms with Gasteiger partial charge in [-0.2, -0.15) is 0 Å². The zero-order chi connectivity index (χ0) is 23.0. The van der Waals surface area contributed by atoms with E-state index in [0.29, 0.717) is 12.0 Å². The number of carbonyl (C=O) groups is 1. The number of hydrogen-bond donors (Lipinski definition) is 1. The van der Waals surface area contributed by atoms with Crippen molar-refractivity contribution in [1.29, 1.82) is 0 Å². The van der Waals surface area contributed by atoms with Crippen molar-refractivity contribution in [2.45, 2.75) is 62.1 Å². The number of carbonyl (C=O) groups excluding carboxylic acids is 1. The van der Waals surface area contributed by atoms with Gasteiger partial charge in [-0.05, 0) is 109 Å². The molecular formula is C28H31IN2O3. The minimum Gasteiger partial charge on any atom is -0.493 e. The van der Waals surface area contributed by atoms with Gasteiger partial charge >= 0.3 is 0 Å². The van der Waals surface area contributed by atoms with Gasteiger partial charge in [0.05, 0.1) is 13.2 Å². The number of nitrogens with one attached hydrogen (secondary N) is 1. The van der Waals surface area contributed by atoms with Crippen LogP contribution in [0.3, 0.4) is 0 Å². The van der Waals surface area contributed by atoms with Gasteiger partial charge in [0, 0.05) is 32.7 Å². The molecule has 5 atom stereocenters. The summed E-state index contributed by atoms with van der Waals surface area (Å²) in [5.74, 6) is 3.27. The van der Waals surface area contributed by atoms with Crippen LogP contribution in [0.25, 0.3) is 0 Å². The maximum atomic E-state index is 13.3. The van der Waals surface area contributed by atoms with E-state index in [4.69, 9.17) is 9.47 Å². The molecule has 7 rings (SSSR count). The van der Waals surface area contributed by atoms with E-state index in [1.165, 1.54) is 30.5 Å². The third kappa shape index (κ3) is 3.10. The molecule has 3 fully saturated rings. The molecule has 1 saturated heterocycles. The summed E-state index contributed by atoms with van der Waals surface area (Å²) in [5.41, 5.74) is 3.53. The Morgan fingerprint density at radius 3 is 2.91 bits per heavy atom. The minimum absolute atomic E-state index is 0.000283. The predicted octanol–water partition coefficient (Wildman–Crippen LogP) is 4.55. The Kier molecular flexibility index (Phi) is 4.96. The summed E-state index contributed by atoms with van der Waals surface area (Å²) in [7, 11) is 1.73. The Morgan fingerprint density at radius 1 is 1.24 bits per heavy atom. The van der Waals surface area contributed by atoms with Crippen molar-refractivity contribution < 1.29 is 14.3 Å². The van der Waals surface area contributed by atoms with Crippen molar-refractivity contribution in [3.05, 3.63) is 56.7 Å². The molecule has 2 heterocycles. The van der Waals surface area contributed by atoms with E-state index >= 15 is 0 Å². The Balaban J connectivity index is 1.27. The quantitative estimate of drug-likeness (QED) is 0.537. The van der Waals surface area contributed by atoms with Gasteiger partial charge in [-0.3, -0.25) is 9.69 Å². The van der Waals surface area contributed by atoms with Crippen molar-refractivity contribution in [3.63, 3.8) is 0 Å². The third-order valence-corrected chi connectivity index (χ3v) is 9.90. The average molecular weight is 570 g/mol. The number of piperidine rings is 1. The van der Waals surface area contributed by atoms with Crippen LogP contribution in [0.4, 0.5) is 0 Å². The van der Waals surface area contributed by atoms with Crippen LogP contribution < -0.4 is 14.8 Å². The van der Waals surface area contributed by atoms with Crippen LogP contribution >= 0.6 is 22.6 Å². The number of likely N-dealkylation sites (tertiary alicyclic amines) is 1. The van der Waals surface area contributed by atoms with E-state index < -0.39 is 0 Å². The molecule has 2 aromatic carbocycles. The molecule has 1 N–H and O–H groups in total. The molecule has 1 spiro atoms. The van der Waals surface area contributed by atoms with E-state index in [2.05, 4.69) is 44.9 Å². The topological polar surface area (TPSA) is 50.8 Å². The van der Waals surface area contributed by atoms with Crippen LogP contribution in [-0.4, -0.2) is 49.2 Å². The van der Waals surface area contributed by atoms with E-state index in [0.717, 1.165) is 58.8 Å². The molecule has 6 heteroatoms. The zero-order valence-corrected chi connectivity index (χ0v) is 21.7. The summed E-state index contributed by atoms with van der Waals surface area (Å²) < 4.78 is 13.7. The lowest BCUT2D eigenvalue weighted by atomic mass is 9.51. The molecule has 34 heavy (non-hydrogen) atoms. The first-order valence-corrected chi connectivity index (χ1v) is 13.8. The highest BCUT2D eigenvalue weighted by Gasteiger charge is 2.66. The summed E-state index contributed by atoms with van der Waals surface area (Å²) in [4.78, 5) is 16.1. The van der Waals surface area contributed by atoms with Crippen molar-refractivity contribution in [3.8, 4) is 11.5 Å². The van der Waals surface area contributed by atoms with E-state index in [-0.39, 0.29) is 23.5 Å². The maximum absolute atomic E-state index is 13.3. The fraction of sp³-hybridized carbons (Fsp3) is 0.536. The van der Waals surface area contributed by atoms with Crippen LogP contribution in [0.15, 0.2) is 36.4 Å². The first kappa shape index (κ1) is 21.5. The second-order valence-corrected chi connectivity index (χ2v) is 12.2. The molecule has 1 amide bonds. The fourth-order valence-electron chi connectivity index (χ4n) is 7.66. The minimum atomic E-state index is -0.0334. The monoisotopic (exact) mass is 570 g/mol. The molecule has 0 aromatic heterocycles. The smallest absolute Gasteiger partial charge is 0.251 e. The van der Waals surface area contributed by atoms with Crippen LogP contribution in [0, 0.1) is 15.4 Å². The Morgan fingerprint density at radius 2 is 2.12 bits per heavy atom. The van der Waals surface area contributed by atoms with Gasteiger partial charge in [-0.15, -0.1) is 0 Å². The third-order valence-electron chi connectivity index (χ3n) is 9.23. The van der Waals surface area contributed by atoms with Gasteiger partial charge < -0.3 is 14.8 Å². The summed E-state index contributed by atoms with van der Waals surface area (Å²) >= 11 is 2.27. The first-order valence-electron chi connectivity index (χ1n) is 12.8. The van der Waals surface area contributed by atoms with Gasteiger partial charge in [-0.1, -0.05) is 12.1 Å². The largest absolute Gasteiger partial charge is 0.493 e. The van der Waals surface area contributed by atoms with E-state index in [9.17, 15) is 4.79 Å². The summed E-state index contributed by atoms with van der Waals surface area (Å²) in [6.07, 6.45) is 7.08. The summed E-state index contributed by atoms with van der Waals surface area (Å²) in [6.45, 7) is 2.39. The number of amides is 1. The molecule has 0 radical (unpaired) electrons. The molecule has 3 unspecified atom stereocenters. The number of ether oxygens (including phenoxy) is 2. The number of rotatable bonds is 5. The molecule has 5 nitrogen and oxygen atoms in total. The Hall–Kier alpha value is -1.80. The van der Waals surface area contributed by atoms with Crippen molar-refractivity contribution in [2.75, 3.05) is 20.2 Å². The number of methoxy groups -OCH3 is 1. The fourth-order valence-corrected chi connectivity index (χ4v) is 8.21. The summed E-state index contributed by atoms with van der Waals surface area (Å²) in [6, 6.07) is 12.8. The molecule has 2 bridgehead atoms. The normalized spacial score (nSPS) is 33.1. The van der Waals surface area contributed by atoms with Crippen LogP contribution in [0.2, 0.25) is 0 Å². The standard InChI is InChI=1S/C28H31IN2O3/c1-33-23-10-7-17-14-22-20-8-9-21(30-27(32)18-3-2-4-19(29)13-18)26-28(20,24(17)25(23)34-26)11-12-31(22)15-16-5-6-16/h2-4,7,10,13,16,20-22,26H,5-6,8-9,11-12,14-15H2,1H3,(H,30,32)/t20?,21-,22?,26?,28+/m1/s1. The highest BCUT2D eigenvalue weighted by atomic mass is 127. The van der Waals surface area contributed by atoms with Gasteiger partial charge in [0.2, 0.25) is 0 Å². The number of hydrogen-bond acceptors (Lipinski definition) is 4. The number of benzene rings is 2. The van der Waals surface area contributed by atoms with Gasteiger partial charge in [0.1, 0.15) is 6.10 Å². The average Bonchev–Trinajstić information content (AvgIpc) is 3.59. The second-order valence-electron chi connectivity index (χ2n) is 10.9. The molecule has 2 saturated carbocycles. The van der Waals surface area contributed by atoms with Crippen LogP contribution in [-0.2, 0) is 11.8 Å². The van der Waals surface area contributed by atoms with Crippen molar-refractivity contribution >= 4 is 28.5 Å². The van der Waals surface area contributed by atoms with Gasteiger partial charge in [0.15, 0.2) is 11.5 Å². The van der Waals surface area contributed by atoms with Crippen LogP contribution in [0.1, 0.15) is 53.6 Å². The summed E-state index contributed by atoms with van der Waals surface area (Å²) in [5, 5.41) is 3.40. The lowest BCUT2D eigenvalue weighted by molar-refractivity contribution is -0.0647. The molecule has 2 aromatic rings. The van der Waals surface area contributed by atoms with Crippen molar-refractivity contribution in [1.82, 2.24) is 10.2 Å². The highest BCUT2D eigenvalue weighted by Crippen LogP contribution is 2.64. The number of halogens is 1. The lowest BCUT2D eigenvalue weighted by Crippen LogP contribution is -2.69. The molecule has 178 valence electrons. The second kappa shape index (κ2) is 7.85. The number of nitrogens with zero attached hydrogens (tertiary/aromatic N) is 1.